The van der Waals surface area contributed by atoms with Gasteiger partial charge in [-0.2, -0.15) is 0 Å². The molecule has 4 rings (SSSR count). The van der Waals surface area contributed by atoms with Gasteiger partial charge in [-0.1, -0.05) is 54.1 Å². The topological polar surface area (TPSA) is 36.7 Å². The van der Waals surface area contributed by atoms with Crippen molar-refractivity contribution < 1.29 is 9.21 Å². The van der Waals surface area contributed by atoms with E-state index in [4.69, 9.17) is 16.0 Å². The van der Waals surface area contributed by atoms with Gasteiger partial charge in [0.1, 0.15) is 11.5 Å². The second-order valence-electron chi connectivity index (χ2n) is 7.85. The molecule has 1 aliphatic rings. The first-order valence-corrected chi connectivity index (χ1v) is 10.4. The maximum Gasteiger partial charge on any atom is 0.254 e. The largest absolute Gasteiger partial charge is 0.464 e. The molecule has 3 aromatic rings. The number of benzene rings is 2. The Kier molecular flexibility index (Phi) is 7.60. The van der Waals surface area contributed by atoms with E-state index in [-0.39, 0.29) is 18.3 Å². The molecule has 0 N–H and O–H groups in total. The Morgan fingerprint density at radius 2 is 1.87 bits per heavy atom. The minimum absolute atomic E-state index is 0. The first kappa shape index (κ1) is 23.1. The lowest BCUT2D eigenvalue weighted by Crippen LogP contribution is -2.35. The molecule has 0 atom stereocenters. The van der Waals surface area contributed by atoms with Crippen LogP contribution >= 0.6 is 24.0 Å². The minimum atomic E-state index is 0. The van der Waals surface area contributed by atoms with Crippen LogP contribution < -0.4 is 0 Å². The van der Waals surface area contributed by atoms with Crippen molar-refractivity contribution in [2.24, 2.45) is 0 Å². The highest BCUT2D eigenvalue weighted by atomic mass is 35.5. The summed E-state index contributed by atoms with van der Waals surface area (Å²) >= 11 is 6.19. The standard InChI is InChI=1S/C25H25ClN2O2.ClH/c1-27(2)17-22-15-21-16-28(14-13-24(21)30-22)25(29)20-11-8-18(9-12-20)7-10-19-5-3-4-6-23(19)26;/h3-12,15H,13-14,16-17H2,1-2H3;1H/b10-7-;. The zero-order valence-electron chi connectivity index (χ0n) is 17.7. The molecule has 0 radical (unpaired) electrons. The van der Waals surface area contributed by atoms with E-state index < -0.39 is 0 Å². The number of fused-ring (bicyclic) bond motifs is 1. The predicted molar refractivity (Wildman–Crippen MR) is 129 cm³/mol. The minimum Gasteiger partial charge on any atom is -0.464 e. The van der Waals surface area contributed by atoms with Crippen molar-refractivity contribution in [2.75, 3.05) is 20.6 Å². The Hall–Kier alpha value is -2.53. The molecule has 0 spiro atoms. The monoisotopic (exact) mass is 456 g/mol. The number of hydrogen-bond acceptors (Lipinski definition) is 3. The Balaban J connectivity index is 0.00000272. The molecule has 1 amide bonds. The van der Waals surface area contributed by atoms with Crippen LogP contribution in [0.4, 0.5) is 0 Å². The molecular weight excluding hydrogens is 431 g/mol. The molecule has 0 bridgehead atoms. The first-order chi connectivity index (χ1) is 14.5. The van der Waals surface area contributed by atoms with Gasteiger partial charge in [-0.15, -0.1) is 12.4 Å². The van der Waals surface area contributed by atoms with Crippen LogP contribution in [0.25, 0.3) is 12.2 Å². The number of hydrogen-bond donors (Lipinski definition) is 0. The highest BCUT2D eigenvalue weighted by Crippen LogP contribution is 2.25. The van der Waals surface area contributed by atoms with Crippen LogP contribution in [0.15, 0.2) is 59.0 Å². The van der Waals surface area contributed by atoms with Crippen molar-refractivity contribution in [1.29, 1.82) is 0 Å². The van der Waals surface area contributed by atoms with Crippen LogP contribution in [0, 0.1) is 0 Å². The summed E-state index contributed by atoms with van der Waals surface area (Å²) in [4.78, 5) is 17.0. The summed E-state index contributed by atoms with van der Waals surface area (Å²) in [5.41, 5.74) is 3.81. The van der Waals surface area contributed by atoms with Crippen LogP contribution in [-0.2, 0) is 19.5 Å². The second-order valence-corrected chi connectivity index (χ2v) is 8.26. The van der Waals surface area contributed by atoms with Gasteiger partial charge in [0.25, 0.3) is 5.91 Å². The first-order valence-electron chi connectivity index (χ1n) is 10.1. The summed E-state index contributed by atoms with van der Waals surface area (Å²) in [5.74, 6) is 2.02. The fourth-order valence-electron chi connectivity index (χ4n) is 3.67. The quantitative estimate of drug-likeness (QED) is 0.456. The molecule has 1 aromatic heterocycles. The van der Waals surface area contributed by atoms with Gasteiger partial charge in [-0.05, 0) is 49.5 Å². The SMILES string of the molecule is CN(C)Cc1cc2c(o1)CCN(C(=O)c1ccc(/C=C\c3ccccc3Cl)cc1)C2.Cl. The lowest BCUT2D eigenvalue weighted by Gasteiger charge is -2.26. The number of amides is 1. The van der Waals surface area contributed by atoms with Crippen LogP contribution in [0.2, 0.25) is 5.02 Å². The third-order valence-corrected chi connectivity index (χ3v) is 5.54. The number of furan rings is 1. The maximum absolute atomic E-state index is 13.0. The van der Waals surface area contributed by atoms with E-state index in [0.29, 0.717) is 18.7 Å². The summed E-state index contributed by atoms with van der Waals surface area (Å²) < 4.78 is 5.94. The number of carbonyl (C=O) groups excluding carboxylic acids is 1. The highest BCUT2D eigenvalue weighted by molar-refractivity contribution is 6.32. The van der Waals surface area contributed by atoms with E-state index in [2.05, 4.69) is 11.0 Å². The second kappa shape index (κ2) is 10.2. The zero-order chi connectivity index (χ0) is 21.1. The molecule has 0 unspecified atom stereocenters. The molecule has 4 nitrogen and oxygen atoms in total. The number of carbonyl (C=O) groups is 1. The van der Waals surface area contributed by atoms with Crippen molar-refractivity contribution in [3.8, 4) is 0 Å². The predicted octanol–water partition coefficient (Wildman–Crippen LogP) is 5.79. The third-order valence-electron chi connectivity index (χ3n) is 5.20. The van der Waals surface area contributed by atoms with Crippen molar-refractivity contribution in [2.45, 2.75) is 19.5 Å². The van der Waals surface area contributed by atoms with Gasteiger partial charge in [-0.25, -0.2) is 0 Å². The molecule has 31 heavy (non-hydrogen) atoms. The molecule has 0 aliphatic carbocycles. The van der Waals surface area contributed by atoms with Crippen LogP contribution in [0.5, 0.6) is 0 Å². The molecule has 0 saturated heterocycles. The summed E-state index contributed by atoms with van der Waals surface area (Å²) in [6, 6.07) is 17.5. The van der Waals surface area contributed by atoms with E-state index in [1.807, 2.05) is 79.7 Å². The van der Waals surface area contributed by atoms with Gasteiger partial charge >= 0.3 is 0 Å². The Bertz CT molecular complexity index is 1070. The zero-order valence-corrected chi connectivity index (χ0v) is 19.2. The summed E-state index contributed by atoms with van der Waals surface area (Å²) in [5, 5.41) is 0.720. The summed E-state index contributed by atoms with van der Waals surface area (Å²) in [6.45, 7) is 2.04. The van der Waals surface area contributed by atoms with Crippen LogP contribution in [-0.4, -0.2) is 36.3 Å². The fourth-order valence-corrected chi connectivity index (χ4v) is 3.87. The fraction of sp³-hybridized carbons (Fsp3) is 0.240. The van der Waals surface area contributed by atoms with Gasteiger partial charge in [-0.3, -0.25) is 4.79 Å². The molecule has 0 fully saturated rings. The van der Waals surface area contributed by atoms with E-state index in [1.165, 1.54) is 0 Å². The molecule has 6 heteroatoms. The average molecular weight is 457 g/mol. The molecule has 1 aliphatic heterocycles. The summed E-state index contributed by atoms with van der Waals surface area (Å²) in [6.07, 6.45) is 4.74. The number of halogens is 2. The molecule has 162 valence electrons. The Labute approximate surface area is 194 Å². The van der Waals surface area contributed by atoms with Gasteiger partial charge in [0.15, 0.2) is 0 Å². The smallest absolute Gasteiger partial charge is 0.254 e. The van der Waals surface area contributed by atoms with E-state index in [9.17, 15) is 4.79 Å². The lowest BCUT2D eigenvalue weighted by molar-refractivity contribution is 0.0729. The van der Waals surface area contributed by atoms with Crippen molar-refractivity contribution in [3.05, 3.63) is 93.4 Å². The molecule has 2 aromatic carbocycles. The Morgan fingerprint density at radius 3 is 2.58 bits per heavy atom. The molecule has 0 saturated carbocycles. The normalized spacial score (nSPS) is 13.4. The van der Waals surface area contributed by atoms with Gasteiger partial charge in [0.05, 0.1) is 6.54 Å². The van der Waals surface area contributed by atoms with Crippen LogP contribution in [0.1, 0.15) is 38.6 Å². The lowest BCUT2D eigenvalue weighted by atomic mass is 10.1. The van der Waals surface area contributed by atoms with Crippen molar-refractivity contribution in [1.82, 2.24) is 9.80 Å². The number of nitrogens with zero attached hydrogens (tertiary/aromatic N) is 2. The summed E-state index contributed by atoms with van der Waals surface area (Å²) in [7, 11) is 4.04. The van der Waals surface area contributed by atoms with Gasteiger partial charge in [0.2, 0.25) is 0 Å². The highest BCUT2D eigenvalue weighted by Gasteiger charge is 2.25. The number of rotatable bonds is 5. The van der Waals surface area contributed by atoms with Crippen molar-refractivity contribution >= 4 is 42.1 Å². The molecular formula is C25H26Cl2N2O2. The van der Waals surface area contributed by atoms with Crippen molar-refractivity contribution in [3.63, 3.8) is 0 Å². The van der Waals surface area contributed by atoms with Gasteiger partial charge in [0, 0.05) is 35.7 Å². The van der Waals surface area contributed by atoms with E-state index in [1.54, 1.807) is 0 Å². The average Bonchev–Trinajstić information content (AvgIpc) is 3.13. The van der Waals surface area contributed by atoms with E-state index >= 15 is 0 Å². The van der Waals surface area contributed by atoms with Gasteiger partial charge < -0.3 is 14.2 Å². The maximum atomic E-state index is 13.0. The third kappa shape index (κ3) is 5.59. The van der Waals surface area contributed by atoms with Crippen LogP contribution in [0.3, 0.4) is 0 Å². The Morgan fingerprint density at radius 1 is 1.13 bits per heavy atom. The molecule has 2 heterocycles. The van der Waals surface area contributed by atoms with E-state index in [0.717, 1.165) is 46.2 Å².